The molecule has 4 nitrogen and oxygen atoms in total. The SMILES string of the molecule is CNC(CCN1CCc2ccccc21)C(=O)O. The Balaban J connectivity index is 1.96. The molecule has 0 saturated heterocycles. The van der Waals surface area contributed by atoms with Crippen molar-refractivity contribution >= 4 is 11.7 Å². The maximum Gasteiger partial charge on any atom is 0.320 e. The highest BCUT2D eigenvalue weighted by atomic mass is 16.4. The smallest absolute Gasteiger partial charge is 0.320 e. The molecule has 17 heavy (non-hydrogen) atoms. The van der Waals surface area contributed by atoms with E-state index in [0.29, 0.717) is 6.42 Å². The second-order valence-corrected chi connectivity index (χ2v) is 4.33. The number of nitrogens with one attached hydrogen (secondary N) is 1. The van der Waals surface area contributed by atoms with Gasteiger partial charge in [0.2, 0.25) is 0 Å². The standard InChI is InChI=1S/C13H18N2O2/c1-14-11(13(16)17)7-9-15-8-6-10-4-2-3-5-12(10)15/h2-5,11,14H,6-9H2,1H3,(H,16,17). The van der Waals surface area contributed by atoms with E-state index in [1.165, 1.54) is 11.3 Å². The molecule has 0 aromatic heterocycles. The number of fused-ring (bicyclic) bond motifs is 1. The van der Waals surface area contributed by atoms with Crippen LogP contribution >= 0.6 is 0 Å². The summed E-state index contributed by atoms with van der Waals surface area (Å²) in [7, 11) is 1.69. The number of nitrogens with zero attached hydrogens (tertiary/aromatic N) is 1. The van der Waals surface area contributed by atoms with Crippen LogP contribution in [0.5, 0.6) is 0 Å². The third-order valence-electron chi connectivity index (χ3n) is 3.32. The van der Waals surface area contributed by atoms with Crippen molar-refractivity contribution < 1.29 is 9.90 Å². The van der Waals surface area contributed by atoms with Crippen molar-refractivity contribution in [3.63, 3.8) is 0 Å². The van der Waals surface area contributed by atoms with Crippen LogP contribution in [0, 0.1) is 0 Å². The number of para-hydroxylation sites is 1. The number of carboxylic acid groups (broad SMARTS) is 1. The predicted molar refractivity (Wildman–Crippen MR) is 67.5 cm³/mol. The molecule has 1 aromatic carbocycles. The topological polar surface area (TPSA) is 52.6 Å². The molecule has 1 aliphatic heterocycles. The fourth-order valence-corrected chi connectivity index (χ4v) is 2.32. The van der Waals surface area contributed by atoms with Gasteiger partial charge in [0.05, 0.1) is 0 Å². The van der Waals surface area contributed by atoms with Crippen LogP contribution in [0.25, 0.3) is 0 Å². The van der Waals surface area contributed by atoms with Gasteiger partial charge in [-0.2, -0.15) is 0 Å². The number of rotatable bonds is 5. The summed E-state index contributed by atoms with van der Waals surface area (Å²) in [6, 6.07) is 7.88. The van der Waals surface area contributed by atoms with Gasteiger partial charge in [-0.1, -0.05) is 18.2 Å². The molecule has 0 spiro atoms. The van der Waals surface area contributed by atoms with Gasteiger partial charge in [-0.25, -0.2) is 0 Å². The molecule has 0 radical (unpaired) electrons. The van der Waals surface area contributed by atoms with Crippen molar-refractivity contribution in [3.05, 3.63) is 29.8 Å². The van der Waals surface area contributed by atoms with Gasteiger partial charge in [-0.3, -0.25) is 4.79 Å². The van der Waals surface area contributed by atoms with Crippen molar-refractivity contribution in [1.29, 1.82) is 0 Å². The first-order valence-electron chi connectivity index (χ1n) is 5.95. The number of hydrogen-bond acceptors (Lipinski definition) is 3. The lowest BCUT2D eigenvalue weighted by molar-refractivity contribution is -0.139. The van der Waals surface area contributed by atoms with Gasteiger partial charge in [0.1, 0.15) is 6.04 Å². The van der Waals surface area contributed by atoms with Gasteiger partial charge < -0.3 is 15.3 Å². The van der Waals surface area contributed by atoms with Crippen molar-refractivity contribution in [3.8, 4) is 0 Å². The second-order valence-electron chi connectivity index (χ2n) is 4.33. The fourth-order valence-electron chi connectivity index (χ4n) is 2.32. The van der Waals surface area contributed by atoms with Gasteiger partial charge in [-0.15, -0.1) is 0 Å². The zero-order chi connectivity index (χ0) is 12.3. The van der Waals surface area contributed by atoms with E-state index >= 15 is 0 Å². The van der Waals surface area contributed by atoms with Gasteiger partial charge in [0.25, 0.3) is 0 Å². The van der Waals surface area contributed by atoms with E-state index in [2.05, 4.69) is 28.4 Å². The molecule has 0 bridgehead atoms. The quantitative estimate of drug-likeness (QED) is 0.801. The fraction of sp³-hybridized carbons (Fsp3) is 0.462. The van der Waals surface area contributed by atoms with E-state index in [9.17, 15) is 4.79 Å². The highest BCUT2D eigenvalue weighted by Crippen LogP contribution is 2.27. The van der Waals surface area contributed by atoms with E-state index in [0.717, 1.165) is 19.5 Å². The summed E-state index contributed by atoms with van der Waals surface area (Å²) in [6.45, 7) is 1.78. The number of carboxylic acids is 1. The molecule has 0 aliphatic carbocycles. The first-order valence-corrected chi connectivity index (χ1v) is 5.95. The van der Waals surface area contributed by atoms with Crippen LogP contribution in [0.4, 0.5) is 5.69 Å². The Labute approximate surface area is 101 Å². The summed E-state index contributed by atoms with van der Waals surface area (Å²) in [5.41, 5.74) is 2.62. The molecule has 0 fully saturated rings. The van der Waals surface area contributed by atoms with E-state index < -0.39 is 12.0 Å². The van der Waals surface area contributed by atoms with Gasteiger partial charge in [-0.05, 0) is 31.5 Å². The first-order chi connectivity index (χ1) is 8.22. The minimum atomic E-state index is -0.778. The van der Waals surface area contributed by atoms with Crippen LogP contribution in [-0.2, 0) is 11.2 Å². The molecule has 2 rings (SSSR count). The number of benzene rings is 1. The second kappa shape index (κ2) is 5.19. The molecule has 0 amide bonds. The molecule has 1 aromatic rings. The van der Waals surface area contributed by atoms with Crippen LogP contribution in [0.15, 0.2) is 24.3 Å². The minimum Gasteiger partial charge on any atom is -0.480 e. The highest BCUT2D eigenvalue weighted by molar-refractivity contribution is 5.73. The molecular formula is C13H18N2O2. The first kappa shape index (κ1) is 11.9. The molecular weight excluding hydrogens is 216 g/mol. The lowest BCUT2D eigenvalue weighted by Crippen LogP contribution is -2.37. The van der Waals surface area contributed by atoms with Crippen molar-refractivity contribution in [2.24, 2.45) is 0 Å². The summed E-state index contributed by atoms with van der Waals surface area (Å²) in [4.78, 5) is 13.2. The summed E-state index contributed by atoms with van der Waals surface area (Å²) >= 11 is 0. The van der Waals surface area contributed by atoms with Crippen LogP contribution in [-0.4, -0.2) is 37.3 Å². The zero-order valence-electron chi connectivity index (χ0n) is 10.0. The highest BCUT2D eigenvalue weighted by Gasteiger charge is 2.21. The molecule has 4 heteroatoms. The number of anilines is 1. The number of carbonyl (C=O) groups is 1. The Morgan fingerprint density at radius 1 is 1.53 bits per heavy atom. The van der Waals surface area contributed by atoms with Crippen molar-refractivity contribution in [1.82, 2.24) is 5.32 Å². The normalized spacial score (nSPS) is 15.7. The molecule has 1 aliphatic rings. The van der Waals surface area contributed by atoms with Crippen LogP contribution in [0.2, 0.25) is 0 Å². The van der Waals surface area contributed by atoms with Crippen LogP contribution in [0.1, 0.15) is 12.0 Å². The van der Waals surface area contributed by atoms with Gasteiger partial charge in [0.15, 0.2) is 0 Å². The largest absolute Gasteiger partial charge is 0.480 e. The number of likely N-dealkylation sites (N-methyl/N-ethyl adjacent to an activating group) is 1. The monoisotopic (exact) mass is 234 g/mol. The summed E-state index contributed by atoms with van der Waals surface area (Å²) < 4.78 is 0. The Morgan fingerprint density at radius 2 is 2.29 bits per heavy atom. The van der Waals surface area contributed by atoms with Gasteiger partial charge >= 0.3 is 5.97 Å². The average Bonchev–Trinajstić information content (AvgIpc) is 2.73. The number of aliphatic carboxylic acids is 1. The molecule has 1 atom stereocenters. The maximum absolute atomic E-state index is 10.9. The Morgan fingerprint density at radius 3 is 3.00 bits per heavy atom. The molecule has 1 heterocycles. The lowest BCUT2D eigenvalue weighted by Gasteiger charge is -2.21. The van der Waals surface area contributed by atoms with Gasteiger partial charge in [0, 0.05) is 18.8 Å². The average molecular weight is 234 g/mol. The van der Waals surface area contributed by atoms with E-state index in [1.54, 1.807) is 7.05 Å². The molecule has 0 saturated carbocycles. The Hall–Kier alpha value is -1.55. The predicted octanol–water partition coefficient (Wildman–Crippen LogP) is 1.11. The van der Waals surface area contributed by atoms with Crippen LogP contribution in [0.3, 0.4) is 0 Å². The van der Waals surface area contributed by atoms with E-state index in [1.807, 2.05) is 6.07 Å². The maximum atomic E-state index is 10.9. The summed E-state index contributed by atoms with van der Waals surface area (Å²) in [5, 5.41) is 11.8. The van der Waals surface area contributed by atoms with Crippen molar-refractivity contribution in [2.75, 3.05) is 25.0 Å². The zero-order valence-corrected chi connectivity index (χ0v) is 10.0. The van der Waals surface area contributed by atoms with E-state index in [4.69, 9.17) is 5.11 Å². The summed E-state index contributed by atoms with van der Waals surface area (Å²) in [5.74, 6) is -0.778. The van der Waals surface area contributed by atoms with Crippen LogP contribution < -0.4 is 10.2 Å². The summed E-state index contributed by atoms with van der Waals surface area (Å²) in [6.07, 6.45) is 1.69. The Bertz CT molecular complexity index is 406. The molecule has 1 unspecified atom stereocenters. The van der Waals surface area contributed by atoms with Crippen molar-refractivity contribution in [2.45, 2.75) is 18.9 Å². The Kier molecular flexibility index (Phi) is 3.64. The number of hydrogen-bond donors (Lipinski definition) is 2. The molecule has 92 valence electrons. The third kappa shape index (κ3) is 2.58. The lowest BCUT2D eigenvalue weighted by atomic mass is 10.1. The minimum absolute atomic E-state index is 0.456. The third-order valence-corrected chi connectivity index (χ3v) is 3.32. The van der Waals surface area contributed by atoms with E-state index in [-0.39, 0.29) is 0 Å². The molecule has 2 N–H and O–H groups in total.